The summed E-state index contributed by atoms with van der Waals surface area (Å²) in [5.41, 5.74) is -6.64. The molecule has 73 heavy (non-hydrogen) atoms. The Hall–Kier alpha value is -8.41. The molecule has 2 heterocycles. The fourth-order valence-electron chi connectivity index (χ4n) is 8.76. The van der Waals surface area contributed by atoms with Crippen molar-refractivity contribution in [3.8, 4) is 73.2 Å². The summed E-state index contributed by atoms with van der Waals surface area (Å²) in [5, 5.41) is 0.0236. The van der Waals surface area contributed by atoms with E-state index in [9.17, 15) is 57.1 Å². The van der Waals surface area contributed by atoms with Crippen LogP contribution in [0.25, 0.3) is 95.0 Å². The average molecular weight is 1010 g/mol. The molecule has 2 aromatic heterocycles. The van der Waals surface area contributed by atoms with Crippen molar-refractivity contribution >= 4 is 21.8 Å². The maximum absolute atomic E-state index is 15.7. The highest BCUT2D eigenvalue weighted by molar-refractivity contribution is 6.12. The first-order valence-electron chi connectivity index (χ1n) is 21.7. The number of aromatic nitrogens is 4. The van der Waals surface area contributed by atoms with Crippen LogP contribution in [0.15, 0.2) is 170 Å². The minimum absolute atomic E-state index is 0.0118. The standard InChI is InChI=1S/C55H28F14N4/c56-36-16-20-39(45(57)28-36)33-11-17-40(51-71-49(29-7-3-1-4-8-29)70-50(72-51)30-9-5-2-6-10-30)48(25-33)73-46-21-12-31(37-18-14-34(52(58,59)60)26-43(37)54(64,65)66)23-41(46)42-24-32(13-22-47(42)73)38-19-15-35(53(61,62)63)27-44(38)55(67,68)69/h1-28H. The van der Waals surface area contributed by atoms with Gasteiger partial charge < -0.3 is 4.57 Å². The van der Waals surface area contributed by atoms with Crippen LogP contribution in [0.3, 0.4) is 0 Å². The molecular formula is C55H28F14N4. The number of alkyl halides is 12. The van der Waals surface area contributed by atoms with Crippen molar-refractivity contribution in [3.63, 3.8) is 0 Å². The number of rotatable bonds is 7. The summed E-state index contributed by atoms with van der Waals surface area (Å²) >= 11 is 0. The summed E-state index contributed by atoms with van der Waals surface area (Å²) in [5.74, 6) is -1.43. The van der Waals surface area contributed by atoms with Gasteiger partial charge in [-0.05, 0) is 101 Å². The van der Waals surface area contributed by atoms with Gasteiger partial charge >= 0.3 is 24.7 Å². The third-order valence-corrected chi connectivity index (χ3v) is 12.1. The van der Waals surface area contributed by atoms with Crippen LogP contribution in [0.1, 0.15) is 22.3 Å². The number of hydrogen-bond donors (Lipinski definition) is 0. The van der Waals surface area contributed by atoms with Crippen LogP contribution < -0.4 is 0 Å². The van der Waals surface area contributed by atoms with Crippen LogP contribution in [0.4, 0.5) is 61.5 Å². The minimum atomic E-state index is -5.32. The summed E-state index contributed by atoms with van der Waals surface area (Å²) < 4.78 is 202. The predicted molar refractivity (Wildman–Crippen MR) is 247 cm³/mol. The first-order valence-corrected chi connectivity index (χ1v) is 21.7. The maximum atomic E-state index is 15.7. The van der Waals surface area contributed by atoms with Crippen molar-refractivity contribution in [3.05, 3.63) is 204 Å². The van der Waals surface area contributed by atoms with Crippen LogP contribution in [0.5, 0.6) is 0 Å². The van der Waals surface area contributed by atoms with Gasteiger partial charge in [0.2, 0.25) is 0 Å². The predicted octanol–water partition coefficient (Wildman–Crippen LogP) is 17.3. The van der Waals surface area contributed by atoms with E-state index in [1.807, 2.05) is 0 Å². The fraction of sp³-hybridized carbons (Fsp3) is 0.0727. The van der Waals surface area contributed by atoms with Crippen molar-refractivity contribution in [1.29, 1.82) is 0 Å². The molecule has 0 saturated carbocycles. The second-order valence-electron chi connectivity index (χ2n) is 16.7. The van der Waals surface area contributed by atoms with Crippen LogP contribution in [0.2, 0.25) is 0 Å². The molecule has 0 aliphatic heterocycles. The molecule has 0 aliphatic carbocycles. The molecule has 4 nitrogen and oxygen atoms in total. The third kappa shape index (κ3) is 9.24. The Labute approximate surface area is 403 Å². The summed E-state index contributed by atoms with van der Waals surface area (Å²) in [6, 6.07) is 34.5. The molecule has 366 valence electrons. The van der Waals surface area contributed by atoms with Crippen LogP contribution in [-0.4, -0.2) is 19.5 Å². The second-order valence-corrected chi connectivity index (χ2v) is 16.7. The Bertz CT molecular complexity index is 3570. The molecule has 0 unspecified atom stereocenters. The van der Waals surface area contributed by atoms with E-state index in [2.05, 4.69) is 0 Å². The van der Waals surface area contributed by atoms with Crippen molar-refractivity contribution in [2.45, 2.75) is 24.7 Å². The zero-order chi connectivity index (χ0) is 51.8. The van der Waals surface area contributed by atoms with Crippen LogP contribution >= 0.6 is 0 Å². The van der Waals surface area contributed by atoms with Gasteiger partial charge in [-0.2, -0.15) is 52.7 Å². The molecule has 0 saturated heterocycles. The Balaban J connectivity index is 1.31. The molecule has 0 spiro atoms. The lowest BCUT2D eigenvalue weighted by Gasteiger charge is -2.18. The first-order chi connectivity index (χ1) is 34.5. The third-order valence-electron chi connectivity index (χ3n) is 12.1. The van der Waals surface area contributed by atoms with E-state index in [1.165, 1.54) is 65.2 Å². The van der Waals surface area contributed by atoms with Crippen LogP contribution in [-0.2, 0) is 24.7 Å². The molecule has 0 amide bonds. The molecule has 0 N–H and O–H groups in total. The SMILES string of the molecule is Fc1ccc(-c2ccc(-c3nc(-c4ccccc4)nc(-c4ccccc4)n3)c(-n3c4ccc(-c5ccc(C(F)(F)F)cc5C(F)(F)F)cc4c4cc(-c5ccc(C(F)(F)F)cc5C(F)(F)F)ccc43)c2)c(F)c1. The molecule has 10 aromatic rings. The normalized spacial score (nSPS) is 12.5. The highest BCUT2D eigenvalue weighted by Gasteiger charge is 2.40. The molecule has 8 aromatic carbocycles. The van der Waals surface area contributed by atoms with E-state index < -0.39 is 69.7 Å². The van der Waals surface area contributed by atoms with Crippen molar-refractivity contribution in [2.24, 2.45) is 0 Å². The van der Waals surface area contributed by atoms with E-state index >= 15 is 4.39 Å². The molecule has 0 atom stereocenters. The maximum Gasteiger partial charge on any atom is 0.417 e. The van der Waals surface area contributed by atoms with Gasteiger partial charge in [0.05, 0.1) is 39.0 Å². The number of nitrogens with zero attached hydrogens (tertiary/aromatic N) is 4. The largest absolute Gasteiger partial charge is 0.417 e. The Morgan fingerprint density at radius 1 is 0.329 bits per heavy atom. The summed E-state index contributed by atoms with van der Waals surface area (Å²) in [4.78, 5) is 14.4. The van der Waals surface area contributed by atoms with Gasteiger partial charge in [0, 0.05) is 39.1 Å². The van der Waals surface area contributed by atoms with E-state index in [0.717, 1.165) is 6.07 Å². The number of benzene rings is 8. The zero-order valence-corrected chi connectivity index (χ0v) is 36.7. The van der Waals surface area contributed by atoms with E-state index in [0.29, 0.717) is 41.5 Å². The molecule has 18 heteroatoms. The number of fused-ring (bicyclic) bond motifs is 3. The fourth-order valence-corrected chi connectivity index (χ4v) is 8.76. The first kappa shape index (κ1) is 48.2. The molecule has 10 rings (SSSR count). The Kier molecular flexibility index (Phi) is 11.7. The monoisotopic (exact) mass is 1010 g/mol. The van der Waals surface area contributed by atoms with Gasteiger partial charge in [0.15, 0.2) is 17.5 Å². The van der Waals surface area contributed by atoms with Gasteiger partial charge in [0.25, 0.3) is 0 Å². The molecule has 0 bridgehead atoms. The van der Waals surface area contributed by atoms with Gasteiger partial charge in [0.1, 0.15) is 11.6 Å². The Morgan fingerprint density at radius 2 is 0.740 bits per heavy atom. The van der Waals surface area contributed by atoms with Crippen molar-refractivity contribution in [1.82, 2.24) is 19.5 Å². The lowest BCUT2D eigenvalue weighted by molar-refractivity contribution is -0.144. The molecule has 0 fully saturated rings. The highest BCUT2D eigenvalue weighted by atomic mass is 19.4. The average Bonchev–Trinajstić information content (AvgIpc) is 3.68. The quantitative estimate of drug-likeness (QED) is 0.149. The van der Waals surface area contributed by atoms with Gasteiger partial charge in [-0.25, -0.2) is 23.7 Å². The summed E-state index contributed by atoms with van der Waals surface area (Å²) in [7, 11) is 0. The van der Waals surface area contributed by atoms with Gasteiger partial charge in [-0.1, -0.05) is 91.0 Å². The van der Waals surface area contributed by atoms with Crippen molar-refractivity contribution < 1.29 is 61.5 Å². The van der Waals surface area contributed by atoms with E-state index in [4.69, 9.17) is 15.0 Å². The van der Waals surface area contributed by atoms with Gasteiger partial charge in [-0.15, -0.1) is 0 Å². The smallest absolute Gasteiger partial charge is 0.308 e. The second kappa shape index (κ2) is 17.7. The summed E-state index contributed by atoms with van der Waals surface area (Å²) in [6.45, 7) is 0. The van der Waals surface area contributed by atoms with E-state index in [-0.39, 0.29) is 84.9 Å². The zero-order valence-electron chi connectivity index (χ0n) is 36.7. The van der Waals surface area contributed by atoms with Crippen molar-refractivity contribution in [2.75, 3.05) is 0 Å². The van der Waals surface area contributed by atoms with E-state index in [1.54, 1.807) is 60.7 Å². The summed E-state index contributed by atoms with van der Waals surface area (Å²) in [6.07, 6.45) is -21.0. The number of hydrogen-bond acceptors (Lipinski definition) is 3. The lowest BCUT2D eigenvalue weighted by Crippen LogP contribution is -2.12. The highest BCUT2D eigenvalue weighted by Crippen LogP contribution is 2.47. The topological polar surface area (TPSA) is 43.6 Å². The minimum Gasteiger partial charge on any atom is -0.308 e. The van der Waals surface area contributed by atoms with Gasteiger partial charge in [-0.3, -0.25) is 0 Å². The lowest BCUT2D eigenvalue weighted by atomic mass is 9.94. The molecule has 0 aliphatic rings. The Morgan fingerprint density at radius 3 is 1.18 bits per heavy atom. The molecule has 0 radical (unpaired) electrons. The van der Waals surface area contributed by atoms with Crippen LogP contribution in [0, 0.1) is 11.6 Å². The number of halogens is 14. The molecular weight excluding hydrogens is 983 g/mol.